The molecule has 1 aromatic heterocycles. The second-order valence-electron chi connectivity index (χ2n) is 6.02. The van der Waals surface area contributed by atoms with Gasteiger partial charge in [-0.2, -0.15) is 5.26 Å². The maximum absolute atomic E-state index is 10.0. The van der Waals surface area contributed by atoms with Gasteiger partial charge in [0, 0.05) is 11.1 Å². The van der Waals surface area contributed by atoms with Crippen LogP contribution in [0.4, 0.5) is 5.82 Å². The van der Waals surface area contributed by atoms with Crippen LogP contribution in [-0.2, 0) is 6.42 Å². The predicted molar refractivity (Wildman–Crippen MR) is 106 cm³/mol. The summed E-state index contributed by atoms with van der Waals surface area (Å²) >= 11 is 0. The Labute approximate surface area is 158 Å². The number of benzene rings is 2. The van der Waals surface area contributed by atoms with Gasteiger partial charge >= 0.3 is 0 Å². The average Bonchev–Trinajstić information content (AvgIpc) is 2.69. The van der Waals surface area contributed by atoms with Gasteiger partial charge in [-0.15, -0.1) is 0 Å². The van der Waals surface area contributed by atoms with E-state index in [1.807, 2.05) is 44.2 Å². The van der Waals surface area contributed by atoms with Crippen molar-refractivity contribution in [3.63, 3.8) is 0 Å². The van der Waals surface area contributed by atoms with E-state index in [2.05, 4.69) is 11.1 Å². The zero-order chi connectivity index (χ0) is 19.4. The van der Waals surface area contributed by atoms with Crippen molar-refractivity contribution in [1.82, 2.24) is 4.98 Å². The van der Waals surface area contributed by atoms with Gasteiger partial charge in [0.25, 0.3) is 0 Å². The zero-order valence-corrected chi connectivity index (χ0v) is 15.4. The molecule has 0 bridgehead atoms. The number of phenolic OH excluding ortho intramolecular Hbond substituents is 1. The summed E-state index contributed by atoms with van der Waals surface area (Å²) < 4.78 is 5.51. The van der Waals surface area contributed by atoms with Crippen LogP contribution in [0.25, 0.3) is 22.4 Å². The molecule has 5 nitrogen and oxygen atoms in total. The van der Waals surface area contributed by atoms with Crippen LogP contribution in [0.2, 0.25) is 0 Å². The Morgan fingerprint density at radius 2 is 1.85 bits per heavy atom. The summed E-state index contributed by atoms with van der Waals surface area (Å²) in [7, 11) is 0. The molecule has 0 amide bonds. The number of phenols is 1. The smallest absolute Gasteiger partial charge is 0.161 e. The van der Waals surface area contributed by atoms with Crippen molar-refractivity contribution < 1.29 is 9.84 Å². The Hall–Kier alpha value is -3.52. The number of pyridine rings is 1. The largest absolute Gasteiger partial charge is 0.504 e. The lowest BCUT2D eigenvalue weighted by Crippen LogP contribution is -2.05. The van der Waals surface area contributed by atoms with Crippen molar-refractivity contribution in [2.45, 2.75) is 20.3 Å². The number of nitrogens with two attached hydrogens (primary N) is 1. The predicted octanol–water partition coefficient (Wildman–Crippen LogP) is 4.54. The fraction of sp³-hybridized carbons (Fsp3) is 0.182. The summed E-state index contributed by atoms with van der Waals surface area (Å²) in [6, 6.07) is 17.0. The van der Waals surface area contributed by atoms with Gasteiger partial charge in [0.15, 0.2) is 11.5 Å². The maximum Gasteiger partial charge on any atom is 0.161 e. The van der Waals surface area contributed by atoms with Gasteiger partial charge < -0.3 is 15.6 Å². The molecule has 0 aliphatic carbocycles. The minimum absolute atomic E-state index is 0.0578. The third-order valence-corrected chi connectivity index (χ3v) is 4.39. The number of nitrogens with zero attached hydrogens (tertiary/aromatic N) is 2. The highest BCUT2D eigenvalue weighted by Crippen LogP contribution is 2.39. The minimum Gasteiger partial charge on any atom is -0.504 e. The van der Waals surface area contributed by atoms with E-state index in [-0.39, 0.29) is 11.6 Å². The van der Waals surface area contributed by atoms with Crippen LogP contribution in [0.15, 0.2) is 48.5 Å². The van der Waals surface area contributed by atoms with Crippen LogP contribution < -0.4 is 10.5 Å². The summed E-state index contributed by atoms with van der Waals surface area (Å²) in [6.07, 6.45) is 0.673. The summed E-state index contributed by atoms with van der Waals surface area (Å²) in [4.78, 5) is 4.52. The molecule has 0 radical (unpaired) electrons. The van der Waals surface area contributed by atoms with Gasteiger partial charge in [0.05, 0.1) is 12.3 Å². The molecule has 0 aliphatic rings. The van der Waals surface area contributed by atoms with Crippen molar-refractivity contribution in [1.29, 1.82) is 5.26 Å². The first-order valence-corrected chi connectivity index (χ1v) is 8.84. The fourth-order valence-corrected chi connectivity index (χ4v) is 3.19. The number of ether oxygens (including phenoxy) is 1. The molecule has 3 rings (SSSR count). The van der Waals surface area contributed by atoms with Gasteiger partial charge in [-0.1, -0.05) is 43.3 Å². The SMILES string of the molecule is CCOc1cc(-c2c(C#N)c(N)nc(-c3ccccc3)c2CC)ccc1O. The van der Waals surface area contributed by atoms with Crippen molar-refractivity contribution in [3.8, 4) is 40.0 Å². The highest BCUT2D eigenvalue weighted by atomic mass is 16.5. The number of nitrogen functional groups attached to an aromatic ring is 1. The van der Waals surface area contributed by atoms with E-state index in [0.29, 0.717) is 24.3 Å². The van der Waals surface area contributed by atoms with Crippen LogP contribution >= 0.6 is 0 Å². The lowest BCUT2D eigenvalue weighted by Gasteiger charge is -2.18. The van der Waals surface area contributed by atoms with Crippen molar-refractivity contribution in [3.05, 3.63) is 59.7 Å². The summed E-state index contributed by atoms with van der Waals surface area (Å²) in [5.41, 5.74) is 10.6. The van der Waals surface area contributed by atoms with Crippen molar-refractivity contribution in [2.75, 3.05) is 12.3 Å². The summed E-state index contributed by atoms with van der Waals surface area (Å²) in [6.45, 7) is 4.30. The molecule has 0 aliphatic heterocycles. The molecule has 0 saturated heterocycles. The Bertz CT molecular complexity index is 1010. The van der Waals surface area contributed by atoms with Gasteiger partial charge in [0.2, 0.25) is 0 Å². The number of nitriles is 1. The van der Waals surface area contributed by atoms with Crippen LogP contribution in [0.5, 0.6) is 11.5 Å². The molecule has 136 valence electrons. The quantitative estimate of drug-likeness (QED) is 0.698. The molecule has 0 atom stereocenters. The normalized spacial score (nSPS) is 10.4. The first-order chi connectivity index (χ1) is 13.1. The average molecular weight is 359 g/mol. The maximum atomic E-state index is 10.0. The van der Waals surface area contributed by atoms with Gasteiger partial charge in [-0.05, 0) is 36.6 Å². The first kappa shape index (κ1) is 18.3. The molecule has 27 heavy (non-hydrogen) atoms. The summed E-state index contributed by atoms with van der Waals surface area (Å²) in [5.74, 6) is 0.620. The van der Waals surface area contributed by atoms with E-state index < -0.39 is 0 Å². The van der Waals surface area contributed by atoms with E-state index in [4.69, 9.17) is 10.5 Å². The van der Waals surface area contributed by atoms with E-state index >= 15 is 0 Å². The highest BCUT2D eigenvalue weighted by Gasteiger charge is 2.20. The molecule has 3 N–H and O–H groups in total. The van der Waals surface area contributed by atoms with Crippen molar-refractivity contribution >= 4 is 5.82 Å². The lowest BCUT2D eigenvalue weighted by atomic mass is 9.90. The molecule has 0 fully saturated rings. The van der Waals surface area contributed by atoms with Gasteiger partial charge in [0.1, 0.15) is 17.5 Å². The van der Waals surface area contributed by atoms with Crippen LogP contribution in [0.3, 0.4) is 0 Å². The molecule has 5 heteroatoms. The fourth-order valence-electron chi connectivity index (χ4n) is 3.19. The topological polar surface area (TPSA) is 92.2 Å². The minimum atomic E-state index is 0.0578. The zero-order valence-electron chi connectivity index (χ0n) is 15.4. The van der Waals surface area contributed by atoms with Crippen LogP contribution in [0.1, 0.15) is 25.0 Å². The first-order valence-electron chi connectivity index (χ1n) is 8.84. The highest BCUT2D eigenvalue weighted by molar-refractivity contribution is 5.85. The molecular formula is C22H21N3O2. The third kappa shape index (κ3) is 3.42. The molecular weight excluding hydrogens is 338 g/mol. The van der Waals surface area contributed by atoms with Gasteiger partial charge in [-0.3, -0.25) is 0 Å². The standard InChI is InChI=1S/C22H21N3O2/c1-3-16-20(15-10-11-18(26)19(12-15)27-4-2)17(13-23)22(24)25-21(16)14-8-6-5-7-9-14/h5-12,26H,3-4H2,1-2H3,(H2,24,25). The third-order valence-electron chi connectivity index (χ3n) is 4.39. The van der Waals surface area contributed by atoms with E-state index in [9.17, 15) is 10.4 Å². The van der Waals surface area contributed by atoms with Crippen molar-refractivity contribution in [2.24, 2.45) is 0 Å². The summed E-state index contributed by atoms with van der Waals surface area (Å²) in [5, 5.41) is 19.7. The molecule has 2 aromatic carbocycles. The molecule has 3 aromatic rings. The number of aromatic nitrogens is 1. The Kier molecular flexibility index (Phi) is 5.28. The second kappa shape index (κ2) is 7.79. The monoisotopic (exact) mass is 359 g/mol. The number of anilines is 1. The van der Waals surface area contributed by atoms with Crippen LogP contribution in [0, 0.1) is 11.3 Å². The molecule has 0 spiro atoms. The van der Waals surface area contributed by atoms with E-state index in [1.165, 1.54) is 0 Å². The van der Waals surface area contributed by atoms with E-state index in [1.54, 1.807) is 18.2 Å². The number of hydrogen-bond acceptors (Lipinski definition) is 5. The number of hydrogen-bond donors (Lipinski definition) is 2. The Balaban J connectivity index is 2.33. The molecule has 0 saturated carbocycles. The van der Waals surface area contributed by atoms with E-state index in [0.717, 1.165) is 27.9 Å². The second-order valence-corrected chi connectivity index (χ2v) is 6.02. The van der Waals surface area contributed by atoms with Gasteiger partial charge in [-0.25, -0.2) is 4.98 Å². The number of rotatable bonds is 5. The Morgan fingerprint density at radius 3 is 2.48 bits per heavy atom. The Morgan fingerprint density at radius 1 is 1.11 bits per heavy atom. The lowest BCUT2D eigenvalue weighted by molar-refractivity contribution is 0.318. The number of aromatic hydroxyl groups is 1. The molecule has 1 heterocycles. The van der Waals surface area contributed by atoms with Crippen LogP contribution in [-0.4, -0.2) is 16.7 Å². The molecule has 0 unspecified atom stereocenters.